The van der Waals surface area contributed by atoms with Crippen molar-refractivity contribution in [1.29, 1.82) is 0 Å². The molecule has 1 fully saturated rings. The van der Waals surface area contributed by atoms with Crippen LogP contribution in [0, 0.1) is 11.3 Å². The van der Waals surface area contributed by atoms with Crippen LogP contribution in [0.2, 0.25) is 0 Å². The summed E-state index contributed by atoms with van der Waals surface area (Å²) in [6.45, 7) is 13.1. The van der Waals surface area contributed by atoms with E-state index < -0.39 is 0 Å². The third-order valence-electron chi connectivity index (χ3n) is 4.89. The Labute approximate surface area is 146 Å². The van der Waals surface area contributed by atoms with Gasteiger partial charge in [-0.1, -0.05) is 39.5 Å². The highest BCUT2D eigenvalue weighted by Crippen LogP contribution is 2.37. The Bertz CT molecular complexity index is 578. The molecule has 0 spiro atoms. The quantitative estimate of drug-likeness (QED) is 0.774. The first-order valence-electron chi connectivity index (χ1n) is 8.94. The number of ether oxygens (including phenoxy) is 1. The Morgan fingerprint density at radius 3 is 2.42 bits per heavy atom. The minimum atomic E-state index is -0.0356. The van der Waals surface area contributed by atoms with Crippen LogP contribution in [0.15, 0.2) is 36.4 Å². The molecule has 1 aliphatic rings. The van der Waals surface area contributed by atoms with E-state index in [4.69, 9.17) is 4.74 Å². The van der Waals surface area contributed by atoms with Crippen molar-refractivity contribution in [3.63, 3.8) is 0 Å². The molecule has 2 rings (SSSR count). The number of carbonyl (C=O) groups is 1. The van der Waals surface area contributed by atoms with E-state index in [0.29, 0.717) is 23.3 Å². The van der Waals surface area contributed by atoms with Gasteiger partial charge in [0, 0.05) is 6.04 Å². The molecule has 1 saturated carbocycles. The summed E-state index contributed by atoms with van der Waals surface area (Å²) in [5.74, 6) is 1.34. The van der Waals surface area contributed by atoms with Crippen molar-refractivity contribution >= 4 is 5.91 Å². The lowest BCUT2D eigenvalue weighted by molar-refractivity contribution is 0.0900. The Morgan fingerprint density at radius 2 is 1.83 bits per heavy atom. The van der Waals surface area contributed by atoms with Crippen molar-refractivity contribution in [3.05, 3.63) is 42.0 Å². The molecule has 3 heteroatoms. The Balaban J connectivity index is 1.95. The van der Waals surface area contributed by atoms with E-state index >= 15 is 0 Å². The van der Waals surface area contributed by atoms with Crippen LogP contribution in [-0.4, -0.2) is 18.6 Å². The molecule has 1 amide bonds. The molecule has 3 nitrogen and oxygen atoms in total. The number of carbonyl (C=O) groups excluding carboxylic acids is 1. The van der Waals surface area contributed by atoms with Gasteiger partial charge >= 0.3 is 0 Å². The minimum absolute atomic E-state index is 0.0356. The van der Waals surface area contributed by atoms with Crippen LogP contribution >= 0.6 is 0 Å². The summed E-state index contributed by atoms with van der Waals surface area (Å²) >= 11 is 0. The summed E-state index contributed by atoms with van der Waals surface area (Å²) in [6, 6.07) is 7.70. The van der Waals surface area contributed by atoms with Crippen LogP contribution in [0.5, 0.6) is 5.75 Å². The van der Waals surface area contributed by atoms with Crippen molar-refractivity contribution in [2.45, 2.75) is 59.4 Å². The second-order valence-electron chi connectivity index (χ2n) is 8.13. The molecule has 0 saturated heterocycles. The van der Waals surface area contributed by atoms with Crippen molar-refractivity contribution in [2.24, 2.45) is 11.3 Å². The second kappa shape index (κ2) is 7.87. The maximum Gasteiger partial charge on any atom is 0.255 e. The van der Waals surface area contributed by atoms with Crippen LogP contribution in [-0.2, 0) is 0 Å². The number of amides is 1. The molecule has 1 aliphatic carbocycles. The van der Waals surface area contributed by atoms with Crippen molar-refractivity contribution < 1.29 is 9.53 Å². The molecule has 0 unspecified atom stereocenters. The molecule has 1 N–H and O–H groups in total. The van der Waals surface area contributed by atoms with E-state index in [1.807, 2.05) is 31.2 Å². The fourth-order valence-electron chi connectivity index (χ4n) is 3.35. The van der Waals surface area contributed by atoms with Gasteiger partial charge < -0.3 is 10.1 Å². The number of benzene rings is 1. The molecule has 1 aromatic rings. The van der Waals surface area contributed by atoms with Crippen molar-refractivity contribution in [3.8, 4) is 5.75 Å². The first-order chi connectivity index (χ1) is 11.3. The SMILES string of the molecule is C=C(C)COc1ccccc1C(=O)NC1CCC(C(C)(C)C)CC1. The highest BCUT2D eigenvalue weighted by atomic mass is 16.5. The summed E-state index contributed by atoms with van der Waals surface area (Å²) in [5.41, 5.74) is 1.90. The zero-order chi connectivity index (χ0) is 17.7. The number of hydrogen-bond acceptors (Lipinski definition) is 2. The van der Waals surface area contributed by atoms with Crippen LogP contribution in [0.3, 0.4) is 0 Å². The molecule has 0 atom stereocenters. The molecule has 0 radical (unpaired) electrons. The third kappa shape index (κ3) is 5.12. The summed E-state index contributed by atoms with van der Waals surface area (Å²) in [7, 11) is 0. The van der Waals surface area contributed by atoms with Crippen LogP contribution in [0.1, 0.15) is 63.7 Å². The number of rotatable bonds is 5. The summed E-state index contributed by atoms with van der Waals surface area (Å²) < 4.78 is 5.71. The van der Waals surface area contributed by atoms with Gasteiger partial charge in [0.15, 0.2) is 0 Å². The molecular weight excluding hydrogens is 298 g/mol. The fraction of sp³-hybridized carbons (Fsp3) is 0.571. The molecule has 0 bridgehead atoms. The Kier molecular flexibility index (Phi) is 6.09. The van der Waals surface area contributed by atoms with Gasteiger partial charge in [0.1, 0.15) is 12.4 Å². The Hall–Kier alpha value is -1.77. The molecular formula is C21H31NO2. The van der Waals surface area contributed by atoms with Crippen molar-refractivity contribution in [1.82, 2.24) is 5.32 Å². The van der Waals surface area contributed by atoms with Crippen LogP contribution in [0.25, 0.3) is 0 Å². The predicted octanol–water partition coefficient (Wildman–Crippen LogP) is 4.98. The molecule has 0 heterocycles. The highest BCUT2D eigenvalue weighted by molar-refractivity contribution is 5.97. The Morgan fingerprint density at radius 1 is 1.21 bits per heavy atom. The largest absolute Gasteiger partial charge is 0.488 e. The molecule has 0 aliphatic heterocycles. The van der Waals surface area contributed by atoms with E-state index in [2.05, 4.69) is 32.7 Å². The van der Waals surface area contributed by atoms with Crippen molar-refractivity contribution in [2.75, 3.05) is 6.61 Å². The smallest absolute Gasteiger partial charge is 0.255 e. The monoisotopic (exact) mass is 329 g/mol. The molecule has 24 heavy (non-hydrogen) atoms. The van der Waals surface area contributed by atoms with Gasteiger partial charge in [0.05, 0.1) is 5.56 Å². The van der Waals surface area contributed by atoms with E-state index in [1.54, 1.807) is 0 Å². The normalized spacial score (nSPS) is 21.2. The lowest BCUT2D eigenvalue weighted by Gasteiger charge is -2.37. The number of hydrogen-bond donors (Lipinski definition) is 1. The van der Waals surface area contributed by atoms with Gasteiger partial charge in [0.25, 0.3) is 5.91 Å². The maximum atomic E-state index is 12.6. The van der Waals surface area contributed by atoms with Gasteiger partial charge in [-0.15, -0.1) is 0 Å². The van der Waals surface area contributed by atoms with Crippen LogP contribution in [0.4, 0.5) is 0 Å². The van der Waals surface area contributed by atoms with Gasteiger partial charge in [-0.2, -0.15) is 0 Å². The first kappa shape index (κ1) is 18.6. The predicted molar refractivity (Wildman–Crippen MR) is 99.4 cm³/mol. The molecule has 132 valence electrons. The van der Waals surface area contributed by atoms with E-state index in [9.17, 15) is 4.79 Å². The summed E-state index contributed by atoms with van der Waals surface area (Å²) in [6.07, 6.45) is 4.48. The summed E-state index contributed by atoms with van der Waals surface area (Å²) in [5, 5.41) is 3.19. The van der Waals surface area contributed by atoms with Gasteiger partial charge in [-0.25, -0.2) is 0 Å². The average Bonchev–Trinajstić information content (AvgIpc) is 2.52. The molecule has 1 aromatic carbocycles. The van der Waals surface area contributed by atoms with Crippen LogP contribution < -0.4 is 10.1 Å². The fourth-order valence-corrected chi connectivity index (χ4v) is 3.35. The standard InChI is InChI=1S/C21H31NO2/c1-15(2)14-24-19-9-7-6-8-18(19)20(23)22-17-12-10-16(11-13-17)21(3,4)5/h6-9,16-17H,1,10-14H2,2-5H3,(H,22,23). The van der Waals surface area contributed by atoms with E-state index in [0.717, 1.165) is 24.3 Å². The van der Waals surface area contributed by atoms with E-state index in [-0.39, 0.29) is 11.9 Å². The first-order valence-corrected chi connectivity index (χ1v) is 8.94. The number of nitrogens with one attached hydrogen (secondary N) is 1. The zero-order valence-corrected chi connectivity index (χ0v) is 15.5. The average molecular weight is 329 g/mol. The third-order valence-corrected chi connectivity index (χ3v) is 4.89. The second-order valence-corrected chi connectivity index (χ2v) is 8.13. The molecule has 0 aromatic heterocycles. The van der Waals surface area contributed by atoms with Gasteiger partial charge in [-0.05, 0) is 61.6 Å². The minimum Gasteiger partial charge on any atom is -0.488 e. The van der Waals surface area contributed by atoms with E-state index in [1.165, 1.54) is 12.8 Å². The maximum absolute atomic E-state index is 12.6. The lowest BCUT2D eigenvalue weighted by atomic mass is 9.71. The number of para-hydroxylation sites is 1. The van der Waals surface area contributed by atoms with Gasteiger partial charge in [0.2, 0.25) is 0 Å². The highest BCUT2D eigenvalue weighted by Gasteiger charge is 2.30. The summed E-state index contributed by atoms with van der Waals surface area (Å²) in [4.78, 5) is 12.6. The van der Waals surface area contributed by atoms with Gasteiger partial charge in [-0.3, -0.25) is 4.79 Å². The lowest BCUT2D eigenvalue weighted by Crippen LogP contribution is -2.39. The topological polar surface area (TPSA) is 38.3 Å². The zero-order valence-electron chi connectivity index (χ0n) is 15.5.